The van der Waals surface area contributed by atoms with Crippen molar-refractivity contribution in [3.63, 3.8) is 0 Å². The molecule has 0 radical (unpaired) electrons. The highest BCUT2D eigenvalue weighted by Gasteiger charge is 2.40. The molecule has 3 aliphatic rings. The van der Waals surface area contributed by atoms with Crippen LogP contribution in [0.15, 0.2) is 17.1 Å². The van der Waals surface area contributed by atoms with Crippen molar-refractivity contribution in [3.05, 3.63) is 45.1 Å². The molecule has 10 heteroatoms. The summed E-state index contributed by atoms with van der Waals surface area (Å²) < 4.78 is 27.6. The van der Waals surface area contributed by atoms with E-state index in [-0.39, 0.29) is 35.8 Å². The normalized spacial score (nSPS) is 24.0. The summed E-state index contributed by atoms with van der Waals surface area (Å²) in [6.45, 7) is 3.75. The second-order valence-electron chi connectivity index (χ2n) is 8.41. The fourth-order valence-electron chi connectivity index (χ4n) is 4.84. The number of ether oxygens (including phenoxy) is 2. The maximum atomic E-state index is 15.3. The van der Waals surface area contributed by atoms with E-state index in [1.54, 1.807) is 6.92 Å². The molecule has 0 bridgehead atoms. The van der Waals surface area contributed by atoms with Gasteiger partial charge in [-0.3, -0.25) is 9.20 Å². The molecule has 1 aliphatic carbocycles. The molecule has 2 saturated heterocycles. The highest BCUT2D eigenvalue weighted by molar-refractivity contribution is 5.89. The number of rotatable bonds is 4. The maximum absolute atomic E-state index is 15.3. The standard InChI is InChI=1S/C21H24FN3O5.ClH/c1-10-17-12(11-2-3-11)6-13(20(27)28)19(26)25(17)8-15(22)18(10)24-7-14(16(23)9-24)21-29-4-5-30-21;/h6,8,11,14,16,21H,2-5,7,9,23H2,1H3,(H,27,28);1H. The van der Waals surface area contributed by atoms with E-state index < -0.39 is 23.6 Å². The van der Waals surface area contributed by atoms with E-state index in [0.717, 1.165) is 29.0 Å². The summed E-state index contributed by atoms with van der Waals surface area (Å²) in [4.78, 5) is 26.2. The van der Waals surface area contributed by atoms with Crippen molar-refractivity contribution < 1.29 is 23.8 Å². The zero-order valence-corrected chi connectivity index (χ0v) is 17.9. The van der Waals surface area contributed by atoms with Crippen LogP contribution in [0.4, 0.5) is 10.1 Å². The summed E-state index contributed by atoms with van der Waals surface area (Å²) in [7, 11) is 0. The van der Waals surface area contributed by atoms with E-state index in [1.807, 2.05) is 4.90 Å². The summed E-state index contributed by atoms with van der Waals surface area (Å²) in [6.07, 6.45) is 2.56. The van der Waals surface area contributed by atoms with Crippen LogP contribution in [0.5, 0.6) is 0 Å². The van der Waals surface area contributed by atoms with E-state index in [1.165, 1.54) is 6.07 Å². The van der Waals surface area contributed by atoms with Gasteiger partial charge in [0.1, 0.15) is 5.56 Å². The molecule has 2 unspecified atom stereocenters. The number of nitrogens with zero attached hydrogens (tertiary/aromatic N) is 2. The van der Waals surface area contributed by atoms with Crippen molar-refractivity contribution >= 4 is 29.6 Å². The average Bonchev–Trinajstić information content (AvgIpc) is 3.25. The molecule has 2 atom stereocenters. The van der Waals surface area contributed by atoms with Crippen molar-refractivity contribution in [3.8, 4) is 0 Å². The Kier molecular flexibility index (Phi) is 5.72. The van der Waals surface area contributed by atoms with E-state index in [0.29, 0.717) is 43.1 Å². The van der Waals surface area contributed by atoms with Crippen molar-refractivity contribution in [1.82, 2.24) is 4.40 Å². The minimum atomic E-state index is -1.30. The summed E-state index contributed by atoms with van der Waals surface area (Å²) in [5.41, 5.74) is 7.66. The zero-order valence-electron chi connectivity index (χ0n) is 17.0. The molecule has 8 nitrogen and oxygen atoms in total. The van der Waals surface area contributed by atoms with Gasteiger partial charge in [0.05, 0.1) is 30.6 Å². The van der Waals surface area contributed by atoms with Gasteiger partial charge in [-0.15, -0.1) is 12.4 Å². The number of halogens is 2. The molecule has 1 saturated carbocycles. The van der Waals surface area contributed by atoms with Gasteiger partial charge in [-0.2, -0.15) is 0 Å². The molecule has 0 aromatic carbocycles. The summed E-state index contributed by atoms with van der Waals surface area (Å²) in [5, 5.41) is 9.43. The third kappa shape index (κ3) is 3.59. The molecular formula is C21H25ClFN3O5. The highest BCUT2D eigenvalue weighted by atomic mass is 35.5. The van der Waals surface area contributed by atoms with Crippen LogP contribution in [-0.2, 0) is 9.47 Å². The number of hydrogen-bond acceptors (Lipinski definition) is 6. The first-order valence-electron chi connectivity index (χ1n) is 10.2. The fourth-order valence-corrected chi connectivity index (χ4v) is 4.84. The molecule has 3 N–H and O–H groups in total. The van der Waals surface area contributed by atoms with Crippen LogP contribution in [0.25, 0.3) is 5.52 Å². The number of pyridine rings is 2. The Morgan fingerprint density at radius 1 is 1.26 bits per heavy atom. The molecule has 2 aromatic rings. The predicted octanol–water partition coefficient (Wildman–Crippen LogP) is 1.88. The van der Waals surface area contributed by atoms with E-state index >= 15 is 4.39 Å². The summed E-state index contributed by atoms with van der Waals surface area (Å²) in [6, 6.07) is 1.23. The van der Waals surface area contributed by atoms with Gasteiger partial charge < -0.3 is 25.2 Å². The molecular weight excluding hydrogens is 429 g/mol. The molecule has 31 heavy (non-hydrogen) atoms. The van der Waals surface area contributed by atoms with Gasteiger partial charge in [-0.05, 0) is 42.9 Å². The second kappa shape index (κ2) is 8.05. The Labute approximate surface area is 184 Å². The van der Waals surface area contributed by atoms with Crippen LogP contribution in [0, 0.1) is 18.7 Å². The van der Waals surface area contributed by atoms with Crippen LogP contribution in [0.1, 0.15) is 40.2 Å². The van der Waals surface area contributed by atoms with Crippen LogP contribution in [0.3, 0.4) is 0 Å². The Bertz CT molecular complexity index is 1100. The monoisotopic (exact) mass is 453 g/mol. The number of anilines is 1. The largest absolute Gasteiger partial charge is 0.477 e. The summed E-state index contributed by atoms with van der Waals surface area (Å²) >= 11 is 0. The summed E-state index contributed by atoms with van der Waals surface area (Å²) in [5.74, 6) is -1.78. The first-order valence-corrected chi connectivity index (χ1v) is 10.2. The lowest BCUT2D eigenvalue weighted by Crippen LogP contribution is -2.37. The number of nitrogens with two attached hydrogens (primary N) is 1. The quantitative estimate of drug-likeness (QED) is 0.727. The first kappa shape index (κ1) is 22.0. The minimum Gasteiger partial charge on any atom is -0.477 e. The lowest BCUT2D eigenvalue weighted by molar-refractivity contribution is -0.0807. The average molecular weight is 454 g/mol. The van der Waals surface area contributed by atoms with Crippen LogP contribution < -0.4 is 16.2 Å². The zero-order chi connectivity index (χ0) is 21.2. The predicted molar refractivity (Wildman–Crippen MR) is 114 cm³/mol. The third-order valence-corrected chi connectivity index (χ3v) is 6.42. The topological polar surface area (TPSA) is 106 Å². The molecule has 3 fully saturated rings. The molecule has 0 spiro atoms. The van der Waals surface area contributed by atoms with Gasteiger partial charge >= 0.3 is 5.97 Å². The molecule has 0 amide bonds. The Hall–Kier alpha value is -2.20. The number of aromatic nitrogens is 1. The van der Waals surface area contributed by atoms with E-state index in [2.05, 4.69) is 0 Å². The van der Waals surface area contributed by atoms with Gasteiger partial charge in [0.25, 0.3) is 5.56 Å². The highest BCUT2D eigenvalue weighted by Crippen LogP contribution is 2.44. The molecule has 2 aliphatic heterocycles. The van der Waals surface area contributed by atoms with E-state index in [4.69, 9.17) is 15.2 Å². The van der Waals surface area contributed by atoms with Crippen LogP contribution in [-0.4, -0.2) is 54.1 Å². The Morgan fingerprint density at radius 3 is 2.55 bits per heavy atom. The van der Waals surface area contributed by atoms with Crippen molar-refractivity contribution in [2.45, 2.75) is 38.0 Å². The minimum absolute atomic E-state index is 0. The number of aromatic carboxylic acids is 1. The van der Waals surface area contributed by atoms with Gasteiger partial charge in [0.2, 0.25) is 0 Å². The number of carboxylic acid groups (broad SMARTS) is 1. The lowest BCUT2D eigenvalue weighted by atomic mass is 10.0. The lowest BCUT2D eigenvalue weighted by Gasteiger charge is -2.24. The van der Waals surface area contributed by atoms with Gasteiger partial charge in [0, 0.05) is 25.0 Å². The van der Waals surface area contributed by atoms with Gasteiger partial charge in [-0.25, -0.2) is 9.18 Å². The second-order valence-corrected chi connectivity index (χ2v) is 8.41. The van der Waals surface area contributed by atoms with Crippen molar-refractivity contribution in [2.75, 3.05) is 31.2 Å². The van der Waals surface area contributed by atoms with Gasteiger partial charge in [0.15, 0.2) is 12.1 Å². The van der Waals surface area contributed by atoms with Crippen LogP contribution >= 0.6 is 12.4 Å². The SMILES string of the molecule is Cc1c(N2CC(N)C(C3OCCO3)C2)c(F)cn2c(=O)c(C(=O)O)cc(C3CC3)c12.Cl. The molecule has 5 rings (SSSR count). The number of carbonyl (C=O) groups is 1. The molecule has 2 aromatic heterocycles. The Morgan fingerprint density at radius 2 is 1.94 bits per heavy atom. The third-order valence-electron chi connectivity index (χ3n) is 6.42. The Balaban J connectivity index is 0.00000231. The number of hydrogen-bond donors (Lipinski definition) is 2. The first-order chi connectivity index (χ1) is 14.4. The fraction of sp³-hybridized carbons (Fsp3) is 0.524. The molecule has 4 heterocycles. The van der Waals surface area contributed by atoms with Crippen LogP contribution in [0.2, 0.25) is 0 Å². The van der Waals surface area contributed by atoms with Gasteiger partial charge in [-0.1, -0.05) is 0 Å². The smallest absolute Gasteiger partial charge is 0.341 e. The number of carboxylic acids is 1. The van der Waals surface area contributed by atoms with E-state index in [9.17, 15) is 14.7 Å². The van der Waals surface area contributed by atoms with Crippen molar-refractivity contribution in [2.24, 2.45) is 11.7 Å². The van der Waals surface area contributed by atoms with Crippen molar-refractivity contribution in [1.29, 1.82) is 0 Å². The number of aryl methyl sites for hydroxylation is 1. The maximum Gasteiger partial charge on any atom is 0.341 e. The molecule has 168 valence electrons. The number of fused-ring (bicyclic) bond motifs is 1.